The largest absolute Gasteiger partial charge is 0.353 e. The molecule has 0 aliphatic heterocycles. The lowest BCUT2D eigenvalue weighted by Crippen LogP contribution is -2.21. The Morgan fingerprint density at radius 3 is 2.70 bits per heavy atom. The summed E-state index contributed by atoms with van der Waals surface area (Å²) in [5.41, 5.74) is 0.937. The van der Waals surface area contributed by atoms with Gasteiger partial charge in [-0.2, -0.15) is 0 Å². The van der Waals surface area contributed by atoms with Gasteiger partial charge in [-0.25, -0.2) is 0 Å². The third kappa shape index (κ3) is 8.00. The molecule has 0 unspecified atom stereocenters. The highest BCUT2D eigenvalue weighted by Crippen LogP contribution is 2.11. The molecule has 0 aliphatic rings. The second-order valence-electron chi connectivity index (χ2n) is 4.95. The summed E-state index contributed by atoms with van der Waals surface area (Å²) >= 11 is 5.88. The van der Waals surface area contributed by atoms with Gasteiger partial charge in [-0.3, -0.25) is 4.79 Å². The molecular formula is C17H24ClNO. The van der Waals surface area contributed by atoms with Crippen LogP contribution in [-0.2, 0) is 4.79 Å². The SMILES string of the molecule is CCCCCCCCNC(=O)/C=C/c1cccc(Cl)c1. The fourth-order valence-electron chi connectivity index (χ4n) is 1.96. The van der Waals surface area contributed by atoms with Crippen LogP contribution in [0.4, 0.5) is 0 Å². The zero-order chi connectivity index (χ0) is 14.6. The average Bonchev–Trinajstić information content (AvgIpc) is 2.44. The Morgan fingerprint density at radius 2 is 1.95 bits per heavy atom. The van der Waals surface area contributed by atoms with Gasteiger partial charge in [-0.15, -0.1) is 0 Å². The Labute approximate surface area is 127 Å². The molecule has 0 saturated carbocycles. The number of unbranched alkanes of at least 4 members (excludes halogenated alkanes) is 5. The maximum atomic E-state index is 11.6. The summed E-state index contributed by atoms with van der Waals surface area (Å²) in [7, 11) is 0. The monoisotopic (exact) mass is 293 g/mol. The molecule has 1 aromatic rings. The maximum absolute atomic E-state index is 11.6. The molecule has 0 fully saturated rings. The number of carbonyl (C=O) groups is 1. The molecule has 0 aromatic heterocycles. The number of carbonyl (C=O) groups excluding carboxylic acids is 1. The van der Waals surface area contributed by atoms with Crippen molar-refractivity contribution < 1.29 is 4.79 Å². The second-order valence-corrected chi connectivity index (χ2v) is 5.38. The van der Waals surface area contributed by atoms with E-state index in [1.165, 1.54) is 32.1 Å². The van der Waals surface area contributed by atoms with Crippen LogP contribution < -0.4 is 5.32 Å². The third-order valence-corrected chi connectivity index (χ3v) is 3.34. The summed E-state index contributed by atoms with van der Waals surface area (Å²) in [4.78, 5) is 11.6. The topological polar surface area (TPSA) is 29.1 Å². The van der Waals surface area contributed by atoms with Crippen molar-refractivity contribution in [2.24, 2.45) is 0 Å². The summed E-state index contributed by atoms with van der Waals surface area (Å²) in [6.45, 7) is 2.97. The summed E-state index contributed by atoms with van der Waals surface area (Å²) in [6.07, 6.45) is 10.7. The van der Waals surface area contributed by atoms with Crippen molar-refractivity contribution in [3.05, 3.63) is 40.9 Å². The highest BCUT2D eigenvalue weighted by Gasteiger charge is 1.96. The molecule has 0 atom stereocenters. The smallest absolute Gasteiger partial charge is 0.243 e. The third-order valence-electron chi connectivity index (χ3n) is 3.11. The highest BCUT2D eigenvalue weighted by atomic mass is 35.5. The van der Waals surface area contributed by atoms with Crippen molar-refractivity contribution in [3.8, 4) is 0 Å². The van der Waals surface area contributed by atoms with Crippen molar-refractivity contribution in [2.75, 3.05) is 6.54 Å². The lowest BCUT2D eigenvalue weighted by Gasteiger charge is -2.02. The van der Waals surface area contributed by atoms with Gasteiger partial charge in [0.05, 0.1) is 0 Å². The summed E-state index contributed by atoms with van der Waals surface area (Å²) in [6, 6.07) is 7.44. The summed E-state index contributed by atoms with van der Waals surface area (Å²) in [5, 5.41) is 3.58. The average molecular weight is 294 g/mol. The maximum Gasteiger partial charge on any atom is 0.243 e. The molecule has 0 heterocycles. The first-order chi connectivity index (χ1) is 9.72. The molecule has 1 amide bonds. The Hall–Kier alpha value is -1.28. The Kier molecular flexibility index (Phi) is 8.81. The van der Waals surface area contributed by atoms with Gasteiger partial charge in [0.2, 0.25) is 5.91 Å². The minimum atomic E-state index is -0.0430. The first-order valence-corrected chi connectivity index (χ1v) is 7.81. The zero-order valence-electron chi connectivity index (χ0n) is 12.2. The van der Waals surface area contributed by atoms with Crippen LogP contribution in [0.1, 0.15) is 51.0 Å². The molecule has 1 aromatic carbocycles. The van der Waals surface area contributed by atoms with Gasteiger partial charge in [-0.05, 0) is 30.2 Å². The number of benzene rings is 1. The standard InChI is InChI=1S/C17H24ClNO/c1-2-3-4-5-6-7-13-19-17(20)12-11-15-9-8-10-16(18)14-15/h8-12,14H,2-7,13H2,1H3,(H,19,20)/b12-11+. The van der Waals surface area contributed by atoms with E-state index in [9.17, 15) is 4.79 Å². The van der Waals surface area contributed by atoms with Gasteiger partial charge in [0.15, 0.2) is 0 Å². The number of halogens is 1. The van der Waals surface area contributed by atoms with E-state index in [0.717, 1.165) is 18.5 Å². The number of nitrogens with one attached hydrogen (secondary N) is 1. The molecule has 0 spiro atoms. The normalized spacial score (nSPS) is 10.9. The number of rotatable bonds is 9. The molecule has 20 heavy (non-hydrogen) atoms. The van der Waals surface area contributed by atoms with Crippen LogP contribution in [-0.4, -0.2) is 12.5 Å². The predicted molar refractivity (Wildman–Crippen MR) is 86.9 cm³/mol. The first-order valence-electron chi connectivity index (χ1n) is 7.44. The van der Waals surface area contributed by atoms with Gasteiger partial charge in [0, 0.05) is 17.6 Å². The highest BCUT2D eigenvalue weighted by molar-refractivity contribution is 6.30. The van der Waals surface area contributed by atoms with Gasteiger partial charge in [0.25, 0.3) is 0 Å². The number of hydrogen-bond acceptors (Lipinski definition) is 1. The van der Waals surface area contributed by atoms with Gasteiger partial charge in [0.1, 0.15) is 0 Å². The van der Waals surface area contributed by atoms with E-state index in [0.29, 0.717) is 5.02 Å². The fraction of sp³-hybridized carbons (Fsp3) is 0.471. The Balaban J connectivity index is 2.14. The van der Waals surface area contributed by atoms with Crippen molar-refractivity contribution in [3.63, 3.8) is 0 Å². The molecule has 1 N–H and O–H groups in total. The van der Waals surface area contributed by atoms with Crippen LogP contribution in [0.5, 0.6) is 0 Å². The molecular weight excluding hydrogens is 270 g/mol. The van der Waals surface area contributed by atoms with E-state index in [1.54, 1.807) is 12.2 Å². The van der Waals surface area contributed by atoms with Crippen LogP contribution in [0, 0.1) is 0 Å². The van der Waals surface area contributed by atoms with Crippen molar-refractivity contribution >= 4 is 23.6 Å². The number of hydrogen-bond donors (Lipinski definition) is 1. The van der Waals surface area contributed by atoms with Gasteiger partial charge >= 0.3 is 0 Å². The minimum Gasteiger partial charge on any atom is -0.353 e. The van der Waals surface area contributed by atoms with Crippen LogP contribution in [0.3, 0.4) is 0 Å². The lowest BCUT2D eigenvalue weighted by molar-refractivity contribution is -0.116. The van der Waals surface area contributed by atoms with Crippen molar-refractivity contribution in [1.82, 2.24) is 5.32 Å². The van der Waals surface area contributed by atoms with Crippen molar-refractivity contribution in [1.29, 1.82) is 0 Å². The van der Waals surface area contributed by atoms with Crippen LogP contribution in [0.25, 0.3) is 6.08 Å². The molecule has 1 rings (SSSR count). The van der Waals surface area contributed by atoms with Crippen LogP contribution in [0.15, 0.2) is 30.3 Å². The lowest BCUT2D eigenvalue weighted by atomic mass is 10.1. The fourth-order valence-corrected chi connectivity index (χ4v) is 2.16. The Bertz CT molecular complexity index is 429. The van der Waals surface area contributed by atoms with E-state index >= 15 is 0 Å². The quantitative estimate of drug-likeness (QED) is 0.513. The predicted octanol–water partition coefficient (Wildman–Crippen LogP) is 4.83. The van der Waals surface area contributed by atoms with Gasteiger partial charge < -0.3 is 5.32 Å². The van der Waals surface area contributed by atoms with Crippen molar-refractivity contribution in [2.45, 2.75) is 45.4 Å². The summed E-state index contributed by atoms with van der Waals surface area (Å²) < 4.78 is 0. The van der Waals surface area contributed by atoms with Crippen LogP contribution in [0.2, 0.25) is 5.02 Å². The molecule has 3 heteroatoms. The zero-order valence-corrected chi connectivity index (χ0v) is 13.0. The van der Waals surface area contributed by atoms with Gasteiger partial charge in [-0.1, -0.05) is 62.8 Å². The minimum absolute atomic E-state index is 0.0430. The molecule has 0 saturated heterocycles. The second kappa shape index (κ2) is 10.5. The molecule has 110 valence electrons. The van der Waals surface area contributed by atoms with E-state index in [-0.39, 0.29) is 5.91 Å². The van der Waals surface area contributed by atoms with E-state index in [4.69, 9.17) is 11.6 Å². The first kappa shape index (κ1) is 16.8. The van der Waals surface area contributed by atoms with E-state index in [1.807, 2.05) is 24.3 Å². The van der Waals surface area contributed by atoms with E-state index < -0.39 is 0 Å². The molecule has 2 nitrogen and oxygen atoms in total. The van der Waals surface area contributed by atoms with Crippen LogP contribution >= 0.6 is 11.6 Å². The molecule has 0 radical (unpaired) electrons. The molecule has 0 bridgehead atoms. The summed E-state index contributed by atoms with van der Waals surface area (Å²) in [5.74, 6) is -0.0430. The van der Waals surface area contributed by atoms with E-state index in [2.05, 4.69) is 12.2 Å². The molecule has 0 aliphatic carbocycles. The Morgan fingerprint density at radius 1 is 1.20 bits per heavy atom. The number of amides is 1.